The van der Waals surface area contributed by atoms with Crippen molar-refractivity contribution in [2.45, 2.75) is 25.4 Å². The minimum absolute atomic E-state index is 0.264. The first-order valence-corrected chi connectivity index (χ1v) is 6.31. The van der Waals surface area contributed by atoms with Crippen LogP contribution in [0.15, 0.2) is 36.4 Å². The molecule has 1 nitrogen and oxygen atoms in total. The predicted octanol–water partition coefficient (Wildman–Crippen LogP) is 4.25. The summed E-state index contributed by atoms with van der Waals surface area (Å²) in [6.07, 6.45) is -0.614. The van der Waals surface area contributed by atoms with Crippen molar-refractivity contribution in [1.29, 1.82) is 0 Å². The van der Waals surface area contributed by atoms with Gasteiger partial charge in [0.1, 0.15) is 5.78 Å². The molecule has 0 amide bonds. The van der Waals surface area contributed by atoms with Gasteiger partial charge in [-0.1, -0.05) is 42.5 Å². The van der Waals surface area contributed by atoms with Crippen LogP contribution in [-0.4, -0.2) is 12.0 Å². The molecule has 0 spiro atoms. The second kappa shape index (κ2) is 5.59. The third-order valence-electron chi connectivity index (χ3n) is 3.46. The monoisotopic (exact) mass is 268 g/mol. The zero-order chi connectivity index (χ0) is 13.9. The fourth-order valence-corrected chi connectivity index (χ4v) is 2.47. The molecule has 1 aromatic carbocycles. The van der Waals surface area contributed by atoms with Crippen molar-refractivity contribution in [2.24, 2.45) is 11.8 Å². The van der Waals surface area contributed by atoms with Gasteiger partial charge in [0.05, 0.1) is 5.92 Å². The van der Waals surface area contributed by atoms with Gasteiger partial charge in [-0.05, 0) is 18.4 Å². The number of alkyl halides is 3. The molecule has 0 saturated heterocycles. The lowest BCUT2D eigenvalue weighted by Gasteiger charge is -2.21. The van der Waals surface area contributed by atoms with Crippen molar-refractivity contribution < 1.29 is 18.0 Å². The highest BCUT2D eigenvalue weighted by Crippen LogP contribution is 2.39. The Bertz CT molecular complexity index is 462. The summed E-state index contributed by atoms with van der Waals surface area (Å²) in [6.45, 7) is 0. The first kappa shape index (κ1) is 13.8. The summed E-state index contributed by atoms with van der Waals surface area (Å²) < 4.78 is 39.1. The van der Waals surface area contributed by atoms with Gasteiger partial charge >= 0.3 is 6.18 Å². The summed E-state index contributed by atoms with van der Waals surface area (Å²) >= 11 is 0. The number of allylic oxidation sites excluding steroid dienone is 1. The Hall–Kier alpha value is -1.58. The van der Waals surface area contributed by atoms with Gasteiger partial charge < -0.3 is 0 Å². The molecular formula is C15H15F3O. The number of hydrogen-bond acceptors (Lipinski definition) is 1. The number of carbonyl (C=O) groups is 1. The van der Waals surface area contributed by atoms with Gasteiger partial charge in [0.25, 0.3) is 0 Å². The average molecular weight is 268 g/mol. The van der Waals surface area contributed by atoms with Crippen LogP contribution < -0.4 is 0 Å². The predicted molar refractivity (Wildman–Crippen MR) is 67.4 cm³/mol. The van der Waals surface area contributed by atoms with Gasteiger partial charge in [0, 0.05) is 12.3 Å². The molecule has 0 N–H and O–H groups in total. The lowest BCUT2D eigenvalue weighted by molar-refractivity contribution is -0.176. The molecule has 1 fully saturated rings. The summed E-state index contributed by atoms with van der Waals surface area (Å²) in [6, 6.07) is 8.81. The molecule has 0 bridgehead atoms. The van der Waals surface area contributed by atoms with Crippen LogP contribution in [0.4, 0.5) is 13.2 Å². The summed E-state index contributed by atoms with van der Waals surface area (Å²) in [7, 11) is 0. The van der Waals surface area contributed by atoms with Gasteiger partial charge in [0.2, 0.25) is 0 Å². The zero-order valence-corrected chi connectivity index (χ0v) is 10.4. The maximum atomic E-state index is 13.0. The van der Waals surface area contributed by atoms with Crippen LogP contribution in [0.1, 0.15) is 24.8 Å². The molecule has 102 valence electrons. The molecule has 0 aromatic heterocycles. The molecule has 2 rings (SSSR count). The van der Waals surface area contributed by atoms with Crippen molar-refractivity contribution >= 4 is 11.9 Å². The van der Waals surface area contributed by atoms with Crippen LogP contribution in [0.5, 0.6) is 0 Å². The first-order chi connectivity index (χ1) is 8.98. The molecule has 0 heterocycles. The molecule has 2 unspecified atom stereocenters. The van der Waals surface area contributed by atoms with E-state index in [2.05, 4.69) is 0 Å². The molecule has 0 aliphatic heterocycles. The number of ketones is 1. The normalized spacial score (nSPS) is 22.1. The van der Waals surface area contributed by atoms with Crippen LogP contribution >= 0.6 is 0 Å². The third kappa shape index (κ3) is 3.46. The van der Waals surface area contributed by atoms with Gasteiger partial charge in [-0.15, -0.1) is 0 Å². The second-order valence-electron chi connectivity index (χ2n) is 4.80. The fraction of sp³-hybridized carbons (Fsp3) is 0.400. The zero-order valence-electron chi connectivity index (χ0n) is 10.4. The molecular weight excluding hydrogens is 253 g/mol. The van der Waals surface area contributed by atoms with Crippen LogP contribution in [0.25, 0.3) is 6.08 Å². The van der Waals surface area contributed by atoms with E-state index in [0.717, 1.165) is 6.08 Å². The number of hydrogen-bond donors (Lipinski definition) is 0. The van der Waals surface area contributed by atoms with Crippen LogP contribution in [0, 0.1) is 11.8 Å². The lowest BCUT2D eigenvalue weighted by Crippen LogP contribution is -2.30. The topological polar surface area (TPSA) is 17.1 Å². The molecule has 1 saturated carbocycles. The molecule has 1 aliphatic rings. The third-order valence-corrected chi connectivity index (χ3v) is 3.46. The summed E-state index contributed by atoms with van der Waals surface area (Å²) in [5.41, 5.74) is 0.710. The first-order valence-electron chi connectivity index (χ1n) is 6.31. The Balaban J connectivity index is 2.20. The van der Waals surface area contributed by atoms with Crippen LogP contribution in [0.2, 0.25) is 0 Å². The van der Waals surface area contributed by atoms with E-state index >= 15 is 0 Å². The van der Waals surface area contributed by atoms with Crippen molar-refractivity contribution in [3.05, 3.63) is 42.0 Å². The molecule has 4 heteroatoms. The second-order valence-corrected chi connectivity index (χ2v) is 4.80. The Morgan fingerprint density at radius 2 is 1.89 bits per heavy atom. The standard InChI is InChI=1S/C15H15F3O/c16-15(17,18)13(12-7-4-8-14(12)19)10-9-11-5-2-1-3-6-11/h1-3,5-6,9-10,12-13H,4,7-8H2/b10-9+. The van der Waals surface area contributed by atoms with Crippen molar-refractivity contribution in [3.63, 3.8) is 0 Å². The maximum Gasteiger partial charge on any atom is 0.395 e. The van der Waals surface area contributed by atoms with Gasteiger partial charge in [-0.25, -0.2) is 0 Å². The van der Waals surface area contributed by atoms with E-state index in [4.69, 9.17) is 0 Å². The summed E-state index contributed by atoms with van der Waals surface area (Å²) in [4.78, 5) is 11.5. The summed E-state index contributed by atoms with van der Waals surface area (Å²) in [5.74, 6) is -2.83. The highest BCUT2D eigenvalue weighted by atomic mass is 19.4. The van der Waals surface area contributed by atoms with E-state index in [1.54, 1.807) is 30.3 Å². The molecule has 19 heavy (non-hydrogen) atoms. The summed E-state index contributed by atoms with van der Waals surface area (Å²) in [5, 5.41) is 0. The molecule has 1 aliphatic carbocycles. The van der Waals surface area contributed by atoms with E-state index in [-0.39, 0.29) is 12.2 Å². The minimum atomic E-state index is -4.37. The molecule has 1 aromatic rings. The minimum Gasteiger partial charge on any atom is -0.299 e. The maximum absolute atomic E-state index is 13.0. The average Bonchev–Trinajstić information content (AvgIpc) is 2.76. The van der Waals surface area contributed by atoms with Gasteiger partial charge in [-0.2, -0.15) is 13.2 Å². The van der Waals surface area contributed by atoms with Crippen molar-refractivity contribution in [1.82, 2.24) is 0 Å². The van der Waals surface area contributed by atoms with Gasteiger partial charge in [0.15, 0.2) is 0 Å². The Morgan fingerprint density at radius 3 is 2.42 bits per heavy atom. The number of carbonyl (C=O) groups excluding carboxylic acids is 1. The SMILES string of the molecule is O=C1CCCC1C(/C=C/c1ccccc1)C(F)(F)F. The number of Topliss-reactive ketones (excluding diaryl/α,β-unsaturated/α-hetero) is 1. The lowest BCUT2D eigenvalue weighted by atomic mass is 9.88. The highest BCUT2D eigenvalue weighted by molar-refractivity contribution is 5.83. The van der Waals surface area contributed by atoms with E-state index < -0.39 is 18.0 Å². The fourth-order valence-electron chi connectivity index (χ4n) is 2.47. The van der Waals surface area contributed by atoms with Gasteiger partial charge in [-0.3, -0.25) is 4.79 Å². The van der Waals surface area contributed by atoms with Crippen molar-refractivity contribution in [3.8, 4) is 0 Å². The van der Waals surface area contributed by atoms with E-state index in [1.165, 1.54) is 6.08 Å². The Kier molecular flexibility index (Phi) is 4.08. The quantitative estimate of drug-likeness (QED) is 0.801. The van der Waals surface area contributed by atoms with E-state index in [9.17, 15) is 18.0 Å². The molecule has 0 radical (unpaired) electrons. The van der Waals surface area contributed by atoms with Crippen LogP contribution in [0.3, 0.4) is 0 Å². The number of benzene rings is 1. The smallest absolute Gasteiger partial charge is 0.299 e. The highest BCUT2D eigenvalue weighted by Gasteiger charge is 2.46. The molecule has 2 atom stereocenters. The largest absolute Gasteiger partial charge is 0.395 e. The number of halogens is 3. The number of rotatable bonds is 3. The van der Waals surface area contributed by atoms with E-state index in [0.29, 0.717) is 18.4 Å². The van der Waals surface area contributed by atoms with E-state index in [1.807, 2.05) is 0 Å². The van der Waals surface area contributed by atoms with Crippen LogP contribution in [-0.2, 0) is 4.79 Å². The Labute approximate surface area is 110 Å². The Morgan fingerprint density at radius 1 is 1.21 bits per heavy atom. The van der Waals surface area contributed by atoms with Crippen molar-refractivity contribution in [2.75, 3.05) is 0 Å².